The van der Waals surface area contributed by atoms with Gasteiger partial charge in [-0.05, 0) is 6.92 Å². The summed E-state index contributed by atoms with van der Waals surface area (Å²) in [5.41, 5.74) is 0. The molecule has 0 amide bonds. The zero-order valence-electron chi connectivity index (χ0n) is 5.80. The molecule has 9 heavy (non-hydrogen) atoms. The van der Waals surface area contributed by atoms with E-state index >= 15 is 0 Å². The van der Waals surface area contributed by atoms with E-state index in [0.717, 1.165) is 6.08 Å². The van der Waals surface area contributed by atoms with Crippen LogP contribution in [0.3, 0.4) is 0 Å². The van der Waals surface area contributed by atoms with Crippen molar-refractivity contribution >= 4 is 5.97 Å². The number of hydrogen-bond acceptors (Lipinski definition) is 3. The molecule has 0 atom stereocenters. The van der Waals surface area contributed by atoms with E-state index in [0.29, 0.717) is 0 Å². The monoisotopic (exact) mass is 146 g/mol. The summed E-state index contributed by atoms with van der Waals surface area (Å²) >= 11 is 0. The van der Waals surface area contributed by atoms with Gasteiger partial charge in [-0.25, -0.2) is 0 Å². The van der Waals surface area contributed by atoms with Gasteiger partial charge in [0.2, 0.25) is 0 Å². The predicted octanol–water partition coefficient (Wildman–Crippen LogP) is -7.99. The van der Waals surface area contributed by atoms with Crippen LogP contribution in [0.5, 0.6) is 0 Å². The van der Waals surface area contributed by atoms with Crippen molar-refractivity contribution < 1.29 is 74.1 Å². The first-order chi connectivity index (χ1) is 3.18. The van der Waals surface area contributed by atoms with Crippen LogP contribution in [-0.2, 0) is 4.79 Å². The molecule has 0 aliphatic rings. The molecule has 3 nitrogen and oxygen atoms in total. The first kappa shape index (κ1) is 16.5. The molecule has 0 aromatic carbocycles. The molecule has 5 heteroatoms. The van der Waals surface area contributed by atoms with Gasteiger partial charge in [0.1, 0.15) is 0 Å². The molecule has 0 aromatic heterocycles. The van der Waals surface area contributed by atoms with E-state index in [4.69, 9.17) is 0 Å². The molecule has 0 saturated heterocycles. The normalized spacial score (nSPS) is 8.78. The molecular formula is C4H4Na2O3. The third kappa shape index (κ3) is 9.01. The van der Waals surface area contributed by atoms with E-state index in [1.54, 1.807) is 0 Å². The number of carbonyl (C=O) groups is 1. The summed E-state index contributed by atoms with van der Waals surface area (Å²) in [6.45, 7) is 1.35. The van der Waals surface area contributed by atoms with E-state index in [1.165, 1.54) is 6.92 Å². The van der Waals surface area contributed by atoms with Crippen molar-refractivity contribution in [2.24, 2.45) is 0 Å². The number of carboxylic acids is 1. The fourth-order valence-corrected chi connectivity index (χ4v) is 0.118. The zero-order chi connectivity index (χ0) is 5.86. The number of hydrogen-bond donors (Lipinski definition) is 0. The minimum atomic E-state index is -1.65. The van der Waals surface area contributed by atoms with Gasteiger partial charge in [-0.3, -0.25) is 0 Å². The second-order valence-electron chi connectivity index (χ2n) is 0.940. The number of carboxylic acid groups (broad SMARTS) is 1. The molecule has 0 aromatic rings. The number of carbonyl (C=O) groups excluding carboxylic acids is 1. The van der Waals surface area contributed by atoms with Crippen LogP contribution in [0.2, 0.25) is 0 Å². The second kappa shape index (κ2) is 9.01. The van der Waals surface area contributed by atoms with Crippen LogP contribution in [0.15, 0.2) is 11.8 Å². The molecule has 0 N–H and O–H groups in total. The van der Waals surface area contributed by atoms with Gasteiger partial charge in [-0.15, -0.1) is 0 Å². The Balaban J connectivity index is -0.000000180. The van der Waals surface area contributed by atoms with Crippen molar-refractivity contribution in [2.75, 3.05) is 0 Å². The van der Waals surface area contributed by atoms with Crippen LogP contribution in [0.1, 0.15) is 6.92 Å². The summed E-state index contributed by atoms with van der Waals surface area (Å²) < 4.78 is 0. The Morgan fingerprint density at radius 2 is 1.67 bits per heavy atom. The Labute approximate surface area is 97.7 Å². The second-order valence-corrected chi connectivity index (χ2v) is 0.940. The Morgan fingerprint density at radius 3 is 1.67 bits per heavy atom. The Bertz CT molecular complexity index is 110. The maximum Gasteiger partial charge on any atom is 1.00 e. The first-order valence-electron chi connectivity index (χ1n) is 1.73. The molecular weight excluding hydrogens is 142 g/mol. The van der Waals surface area contributed by atoms with E-state index in [9.17, 15) is 15.0 Å². The van der Waals surface area contributed by atoms with Gasteiger partial charge in [-0.2, -0.15) is 0 Å². The first-order valence-corrected chi connectivity index (χ1v) is 1.73. The van der Waals surface area contributed by atoms with E-state index in [-0.39, 0.29) is 59.1 Å². The van der Waals surface area contributed by atoms with Crippen molar-refractivity contribution in [1.82, 2.24) is 0 Å². The fourth-order valence-electron chi connectivity index (χ4n) is 0.118. The van der Waals surface area contributed by atoms with Crippen LogP contribution in [-0.4, -0.2) is 5.97 Å². The molecule has 0 rings (SSSR count). The van der Waals surface area contributed by atoms with Crippen molar-refractivity contribution in [1.29, 1.82) is 0 Å². The van der Waals surface area contributed by atoms with Crippen LogP contribution in [0.4, 0.5) is 0 Å². The van der Waals surface area contributed by atoms with Gasteiger partial charge in [-0.1, -0.05) is 11.8 Å². The summed E-state index contributed by atoms with van der Waals surface area (Å²) in [6.07, 6.45) is 0.940. The summed E-state index contributed by atoms with van der Waals surface area (Å²) in [4.78, 5) is 9.44. The third-order valence-corrected chi connectivity index (χ3v) is 0.463. The minimum Gasteiger partial charge on any atom is -0.871 e. The summed E-state index contributed by atoms with van der Waals surface area (Å²) in [6, 6.07) is 0. The number of rotatable bonds is 1. The number of allylic oxidation sites excluding steroid dienone is 1. The van der Waals surface area contributed by atoms with E-state index in [1.807, 2.05) is 0 Å². The minimum absolute atomic E-state index is 0. The van der Waals surface area contributed by atoms with Crippen molar-refractivity contribution in [3.63, 3.8) is 0 Å². The molecule has 0 heterocycles. The Hall–Kier alpha value is 1.01. The van der Waals surface area contributed by atoms with E-state index < -0.39 is 11.7 Å². The maximum absolute atomic E-state index is 9.79. The zero-order valence-corrected chi connectivity index (χ0v) is 9.80. The topological polar surface area (TPSA) is 63.2 Å². The molecule has 40 valence electrons. The molecule has 0 unspecified atom stereocenters. The average Bonchev–Trinajstić information content (AvgIpc) is 1.65. The van der Waals surface area contributed by atoms with Gasteiger partial charge < -0.3 is 15.0 Å². The molecule has 0 saturated carbocycles. The van der Waals surface area contributed by atoms with Crippen LogP contribution >= 0.6 is 0 Å². The summed E-state index contributed by atoms with van der Waals surface area (Å²) in [7, 11) is 0. The van der Waals surface area contributed by atoms with Gasteiger partial charge in [0.05, 0.1) is 5.97 Å². The third-order valence-electron chi connectivity index (χ3n) is 0.463. The molecule has 0 fully saturated rings. The summed E-state index contributed by atoms with van der Waals surface area (Å²) in [5.74, 6) is -2.62. The van der Waals surface area contributed by atoms with Crippen LogP contribution in [0, 0.1) is 0 Å². The van der Waals surface area contributed by atoms with Gasteiger partial charge in [0.25, 0.3) is 0 Å². The van der Waals surface area contributed by atoms with Crippen molar-refractivity contribution in [3.8, 4) is 0 Å². The van der Waals surface area contributed by atoms with Gasteiger partial charge in [0.15, 0.2) is 0 Å². The quantitative estimate of drug-likeness (QED) is 0.210. The Morgan fingerprint density at radius 1 is 1.33 bits per heavy atom. The van der Waals surface area contributed by atoms with Crippen LogP contribution in [0.25, 0.3) is 0 Å². The molecule has 0 bridgehead atoms. The van der Waals surface area contributed by atoms with Crippen LogP contribution < -0.4 is 69.3 Å². The Kier molecular flexibility index (Phi) is 16.6. The van der Waals surface area contributed by atoms with Gasteiger partial charge in [0, 0.05) is 0 Å². The van der Waals surface area contributed by atoms with Crippen molar-refractivity contribution in [3.05, 3.63) is 11.8 Å². The predicted molar refractivity (Wildman–Crippen MR) is 18.8 cm³/mol. The molecule has 0 aliphatic carbocycles. The average molecular weight is 146 g/mol. The van der Waals surface area contributed by atoms with E-state index in [2.05, 4.69) is 0 Å². The number of aliphatic carboxylic acids is 1. The maximum atomic E-state index is 9.79. The molecule has 0 radical (unpaired) electrons. The smallest absolute Gasteiger partial charge is 0.871 e. The molecule has 0 spiro atoms. The van der Waals surface area contributed by atoms with Gasteiger partial charge >= 0.3 is 59.1 Å². The largest absolute Gasteiger partial charge is 1.00 e. The van der Waals surface area contributed by atoms with Crippen molar-refractivity contribution in [2.45, 2.75) is 6.92 Å². The SMILES string of the molecule is CC=C([O-])C(=O)[O-].[Na+].[Na+]. The standard InChI is InChI=1S/C4H6O3.2Na/c1-2-3(5)4(6)7;;/h2,5H,1H3,(H,6,7);;/q;2*+1/p-2. The fraction of sp³-hybridized carbons (Fsp3) is 0.250. The molecule has 0 aliphatic heterocycles. The summed E-state index contributed by atoms with van der Waals surface area (Å²) in [5, 5.41) is 19.2.